The van der Waals surface area contributed by atoms with Crippen LogP contribution >= 0.6 is 0 Å². The summed E-state index contributed by atoms with van der Waals surface area (Å²) >= 11 is 0. The van der Waals surface area contributed by atoms with E-state index in [4.69, 9.17) is 9.47 Å². The van der Waals surface area contributed by atoms with Crippen LogP contribution in [0.1, 0.15) is 0 Å². The fourth-order valence-electron chi connectivity index (χ4n) is 1.66. The van der Waals surface area contributed by atoms with Crippen molar-refractivity contribution in [1.29, 1.82) is 0 Å². The van der Waals surface area contributed by atoms with Crippen LogP contribution in [0.2, 0.25) is 0 Å². The van der Waals surface area contributed by atoms with E-state index in [0.29, 0.717) is 0 Å². The molecule has 0 aliphatic carbocycles. The van der Waals surface area contributed by atoms with Gasteiger partial charge in [0.15, 0.2) is 0 Å². The Balaban J connectivity index is 1.97. The van der Waals surface area contributed by atoms with Gasteiger partial charge in [-0.3, -0.25) is 0 Å². The van der Waals surface area contributed by atoms with E-state index in [1.807, 2.05) is 30.3 Å². The molecule has 1 aliphatic rings. The highest BCUT2D eigenvalue weighted by Gasteiger charge is 2.28. The van der Waals surface area contributed by atoms with Gasteiger partial charge in [-0.15, -0.1) is 0 Å². The van der Waals surface area contributed by atoms with Crippen LogP contribution < -0.4 is 10.1 Å². The monoisotopic (exact) mass is 193 g/mol. The molecule has 1 aliphatic heterocycles. The predicted octanol–water partition coefficient (Wildman–Crippen LogP) is 1.05. The molecule has 0 aromatic heterocycles. The van der Waals surface area contributed by atoms with E-state index in [1.165, 1.54) is 0 Å². The number of hydrogen-bond acceptors (Lipinski definition) is 3. The Labute approximate surface area is 84.0 Å². The fraction of sp³-hybridized carbons (Fsp3) is 0.455. The van der Waals surface area contributed by atoms with Crippen LogP contribution in [0.3, 0.4) is 0 Å². The lowest BCUT2D eigenvalue weighted by atomic mass is 10.2. The number of hydrogen-bond donors (Lipinski definition) is 1. The second-order valence-corrected chi connectivity index (χ2v) is 3.40. The third-order valence-corrected chi connectivity index (χ3v) is 2.44. The van der Waals surface area contributed by atoms with E-state index in [2.05, 4.69) is 5.32 Å². The van der Waals surface area contributed by atoms with Gasteiger partial charge in [0.2, 0.25) is 0 Å². The maximum atomic E-state index is 5.79. The van der Waals surface area contributed by atoms with Crippen LogP contribution in [-0.4, -0.2) is 32.4 Å². The van der Waals surface area contributed by atoms with Crippen molar-refractivity contribution in [3.05, 3.63) is 30.3 Å². The molecule has 1 heterocycles. The highest BCUT2D eigenvalue weighted by molar-refractivity contribution is 5.21. The van der Waals surface area contributed by atoms with Crippen molar-refractivity contribution in [2.24, 2.45) is 0 Å². The van der Waals surface area contributed by atoms with Gasteiger partial charge in [0, 0.05) is 20.2 Å². The molecule has 0 radical (unpaired) electrons. The van der Waals surface area contributed by atoms with Gasteiger partial charge < -0.3 is 14.8 Å². The number of methoxy groups -OCH3 is 1. The van der Waals surface area contributed by atoms with Crippen LogP contribution in [0.25, 0.3) is 0 Å². The summed E-state index contributed by atoms with van der Waals surface area (Å²) in [6.45, 7) is 1.72. The van der Waals surface area contributed by atoms with Crippen molar-refractivity contribution in [3.8, 4) is 5.75 Å². The first-order valence-electron chi connectivity index (χ1n) is 4.85. The van der Waals surface area contributed by atoms with E-state index in [0.717, 1.165) is 18.8 Å². The molecule has 1 fully saturated rings. The summed E-state index contributed by atoms with van der Waals surface area (Å²) in [5.74, 6) is 0.906. The number of para-hydroxylation sites is 1. The SMILES string of the molecule is COC1CNCC1Oc1ccccc1. The van der Waals surface area contributed by atoms with E-state index in [9.17, 15) is 0 Å². The molecular formula is C11H15NO2. The minimum atomic E-state index is 0.127. The van der Waals surface area contributed by atoms with E-state index in [-0.39, 0.29) is 12.2 Å². The van der Waals surface area contributed by atoms with Crippen molar-refractivity contribution in [1.82, 2.24) is 5.32 Å². The van der Waals surface area contributed by atoms with Gasteiger partial charge >= 0.3 is 0 Å². The first-order valence-corrected chi connectivity index (χ1v) is 4.85. The maximum absolute atomic E-state index is 5.79. The summed E-state index contributed by atoms with van der Waals surface area (Å²) in [6, 6.07) is 9.85. The standard InChI is InChI=1S/C11H15NO2/c1-13-10-7-12-8-11(10)14-9-5-3-2-4-6-9/h2-6,10-12H,7-8H2,1H3. The smallest absolute Gasteiger partial charge is 0.138 e. The number of benzene rings is 1. The molecule has 1 aromatic carbocycles. The van der Waals surface area contributed by atoms with Crippen molar-refractivity contribution >= 4 is 0 Å². The van der Waals surface area contributed by atoms with E-state index < -0.39 is 0 Å². The highest BCUT2D eigenvalue weighted by Crippen LogP contribution is 2.15. The van der Waals surface area contributed by atoms with Crippen LogP contribution in [-0.2, 0) is 4.74 Å². The fourth-order valence-corrected chi connectivity index (χ4v) is 1.66. The number of ether oxygens (including phenoxy) is 2. The zero-order chi connectivity index (χ0) is 9.80. The Bertz CT molecular complexity index is 276. The average Bonchev–Trinajstić information content (AvgIpc) is 2.67. The largest absolute Gasteiger partial charge is 0.486 e. The van der Waals surface area contributed by atoms with Crippen LogP contribution in [0.4, 0.5) is 0 Å². The van der Waals surface area contributed by atoms with Crippen molar-refractivity contribution < 1.29 is 9.47 Å². The summed E-state index contributed by atoms with van der Waals surface area (Å²) in [5.41, 5.74) is 0. The molecule has 3 nitrogen and oxygen atoms in total. The van der Waals surface area contributed by atoms with Gasteiger partial charge in [-0.1, -0.05) is 18.2 Å². The van der Waals surface area contributed by atoms with Gasteiger partial charge in [-0.25, -0.2) is 0 Å². The van der Waals surface area contributed by atoms with E-state index in [1.54, 1.807) is 7.11 Å². The second kappa shape index (κ2) is 4.44. The topological polar surface area (TPSA) is 30.5 Å². The quantitative estimate of drug-likeness (QED) is 0.778. The van der Waals surface area contributed by atoms with Gasteiger partial charge in [0.25, 0.3) is 0 Å². The Morgan fingerprint density at radius 1 is 1.14 bits per heavy atom. The average molecular weight is 193 g/mol. The summed E-state index contributed by atoms with van der Waals surface area (Å²) in [6.07, 6.45) is 0.289. The Morgan fingerprint density at radius 3 is 2.57 bits per heavy atom. The zero-order valence-electron chi connectivity index (χ0n) is 8.27. The molecular weight excluding hydrogens is 178 g/mol. The normalized spacial score (nSPS) is 26.4. The van der Waals surface area contributed by atoms with Gasteiger partial charge in [-0.05, 0) is 12.1 Å². The molecule has 1 aromatic rings. The van der Waals surface area contributed by atoms with Crippen LogP contribution in [0.15, 0.2) is 30.3 Å². The van der Waals surface area contributed by atoms with Gasteiger partial charge in [0.1, 0.15) is 18.0 Å². The Morgan fingerprint density at radius 2 is 1.86 bits per heavy atom. The third-order valence-electron chi connectivity index (χ3n) is 2.44. The van der Waals surface area contributed by atoms with Crippen LogP contribution in [0.5, 0.6) is 5.75 Å². The number of rotatable bonds is 3. The van der Waals surface area contributed by atoms with Crippen LogP contribution in [0, 0.1) is 0 Å². The highest BCUT2D eigenvalue weighted by atomic mass is 16.5. The first kappa shape index (κ1) is 9.49. The zero-order valence-corrected chi connectivity index (χ0v) is 8.27. The molecule has 2 unspecified atom stereocenters. The molecule has 1 N–H and O–H groups in total. The van der Waals surface area contributed by atoms with Gasteiger partial charge in [0.05, 0.1) is 0 Å². The minimum Gasteiger partial charge on any atom is -0.486 e. The predicted molar refractivity (Wildman–Crippen MR) is 54.5 cm³/mol. The molecule has 3 heteroatoms. The lowest BCUT2D eigenvalue weighted by Crippen LogP contribution is -2.31. The molecule has 0 spiro atoms. The molecule has 2 atom stereocenters. The number of nitrogens with one attached hydrogen (secondary N) is 1. The van der Waals surface area contributed by atoms with Gasteiger partial charge in [-0.2, -0.15) is 0 Å². The lowest BCUT2D eigenvalue weighted by molar-refractivity contribution is 0.0346. The summed E-state index contributed by atoms with van der Waals surface area (Å²) in [5, 5.41) is 3.24. The molecule has 0 amide bonds. The van der Waals surface area contributed by atoms with E-state index >= 15 is 0 Å². The minimum absolute atomic E-state index is 0.127. The molecule has 0 saturated carbocycles. The molecule has 0 bridgehead atoms. The first-order chi connectivity index (χ1) is 6.90. The lowest BCUT2D eigenvalue weighted by Gasteiger charge is -2.18. The van der Waals surface area contributed by atoms with Crippen molar-refractivity contribution in [2.45, 2.75) is 12.2 Å². The molecule has 76 valence electrons. The van der Waals surface area contributed by atoms with Crippen molar-refractivity contribution in [2.75, 3.05) is 20.2 Å². The Hall–Kier alpha value is -1.06. The Kier molecular flexibility index (Phi) is 3.01. The molecule has 1 saturated heterocycles. The maximum Gasteiger partial charge on any atom is 0.138 e. The third kappa shape index (κ3) is 2.05. The second-order valence-electron chi connectivity index (χ2n) is 3.40. The molecule has 2 rings (SSSR count). The van der Waals surface area contributed by atoms with Crippen molar-refractivity contribution in [3.63, 3.8) is 0 Å². The summed E-state index contributed by atoms with van der Waals surface area (Å²) in [7, 11) is 1.72. The summed E-state index contributed by atoms with van der Waals surface area (Å²) < 4.78 is 11.1. The molecule has 14 heavy (non-hydrogen) atoms. The summed E-state index contributed by atoms with van der Waals surface area (Å²) in [4.78, 5) is 0.